The van der Waals surface area contributed by atoms with Crippen LogP contribution in [0.15, 0.2) is 77.1 Å². The number of thiocarbonyl (C=S) groups is 1. The Bertz CT molecular complexity index is 1160. The third-order valence-electron chi connectivity index (χ3n) is 5.09. The van der Waals surface area contributed by atoms with Crippen molar-refractivity contribution in [1.29, 1.82) is 0 Å². The van der Waals surface area contributed by atoms with Crippen LogP contribution in [0.5, 0.6) is 5.75 Å². The number of nitrogens with zero attached hydrogens (tertiary/aromatic N) is 1. The predicted molar refractivity (Wildman–Crippen MR) is 153 cm³/mol. The molecular weight excluding hydrogens is 562 g/mol. The summed E-state index contributed by atoms with van der Waals surface area (Å²) in [7, 11) is -3.70. The summed E-state index contributed by atoms with van der Waals surface area (Å²) in [5.41, 5.74) is 0.946. The van der Waals surface area contributed by atoms with E-state index in [-0.39, 0.29) is 29.0 Å². The number of hydrogen-bond acceptors (Lipinski definition) is 5. The highest BCUT2D eigenvalue weighted by Gasteiger charge is 2.22. The summed E-state index contributed by atoms with van der Waals surface area (Å²) >= 11 is 8.71. The molecule has 0 aliphatic heterocycles. The molecule has 2 rings (SSSR count). The molecule has 0 saturated carbocycles. The Kier molecular flexibility index (Phi) is 12.3. The van der Waals surface area contributed by atoms with Gasteiger partial charge in [-0.05, 0) is 77.0 Å². The highest BCUT2D eigenvalue weighted by atomic mass is 79.9. The maximum absolute atomic E-state index is 12.8. The molecule has 0 fully saturated rings. The second-order valence-electron chi connectivity index (χ2n) is 7.89. The molecule has 10 heteroatoms. The zero-order valence-corrected chi connectivity index (χ0v) is 23.6. The quantitative estimate of drug-likeness (QED) is 0.161. The van der Waals surface area contributed by atoms with Gasteiger partial charge in [-0.3, -0.25) is 10.1 Å². The van der Waals surface area contributed by atoms with Gasteiger partial charge < -0.3 is 10.1 Å². The van der Waals surface area contributed by atoms with Gasteiger partial charge in [0.25, 0.3) is 5.91 Å². The Balaban J connectivity index is 1.96. The van der Waals surface area contributed by atoms with Crippen LogP contribution in [0.1, 0.15) is 43.0 Å². The predicted octanol–water partition coefficient (Wildman–Crippen LogP) is 5.90. The lowest BCUT2D eigenvalue weighted by molar-refractivity contribution is 0.0977. The Morgan fingerprint density at radius 1 is 1.08 bits per heavy atom. The lowest BCUT2D eigenvalue weighted by atomic mass is 10.2. The van der Waals surface area contributed by atoms with E-state index >= 15 is 0 Å². The third-order valence-corrected chi connectivity index (χ3v) is 7.76. The van der Waals surface area contributed by atoms with Crippen LogP contribution < -0.4 is 15.4 Å². The number of ether oxygens (including phenoxy) is 1. The Morgan fingerprint density at radius 3 is 2.33 bits per heavy atom. The lowest BCUT2D eigenvalue weighted by Crippen LogP contribution is -2.34. The van der Waals surface area contributed by atoms with E-state index in [9.17, 15) is 13.2 Å². The SMILES string of the molecule is C=CCN(CC=C)S(=O)(=O)c1ccc(NC(=S)NC(=O)c2ccc(OCCCCCC)c(Br)c2)cc1. The average Bonchev–Trinajstić information content (AvgIpc) is 2.84. The first kappa shape index (κ1) is 29.7. The van der Waals surface area contributed by atoms with E-state index in [2.05, 4.69) is 46.6 Å². The van der Waals surface area contributed by atoms with Crippen LogP contribution in [-0.4, -0.2) is 43.4 Å². The number of carbonyl (C=O) groups excluding carboxylic acids is 1. The van der Waals surface area contributed by atoms with Gasteiger partial charge in [0, 0.05) is 24.3 Å². The Hall–Kier alpha value is -2.53. The highest BCUT2D eigenvalue weighted by Crippen LogP contribution is 2.26. The number of sulfonamides is 1. The summed E-state index contributed by atoms with van der Waals surface area (Å²) in [6.07, 6.45) is 7.50. The van der Waals surface area contributed by atoms with Gasteiger partial charge in [0.05, 0.1) is 16.0 Å². The van der Waals surface area contributed by atoms with Crippen molar-refractivity contribution in [2.75, 3.05) is 25.0 Å². The molecule has 0 aliphatic rings. The van der Waals surface area contributed by atoms with Gasteiger partial charge in [0.15, 0.2) is 5.11 Å². The number of anilines is 1. The molecule has 0 atom stereocenters. The maximum Gasteiger partial charge on any atom is 0.257 e. The summed E-state index contributed by atoms with van der Waals surface area (Å²) in [5.74, 6) is 0.296. The zero-order valence-electron chi connectivity index (χ0n) is 20.3. The number of nitrogens with one attached hydrogen (secondary N) is 2. The van der Waals surface area contributed by atoms with Gasteiger partial charge in [-0.25, -0.2) is 8.42 Å². The molecule has 7 nitrogen and oxygen atoms in total. The molecule has 0 saturated heterocycles. The number of halogens is 1. The second kappa shape index (κ2) is 14.9. The smallest absolute Gasteiger partial charge is 0.257 e. The fourth-order valence-electron chi connectivity index (χ4n) is 3.23. The minimum Gasteiger partial charge on any atom is -0.492 e. The second-order valence-corrected chi connectivity index (χ2v) is 11.1. The molecule has 2 aromatic rings. The van der Waals surface area contributed by atoms with Gasteiger partial charge in [0.1, 0.15) is 5.75 Å². The van der Waals surface area contributed by atoms with Crippen LogP contribution in [-0.2, 0) is 10.0 Å². The van der Waals surface area contributed by atoms with E-state index in [1.165, 1.54) is 41.4 Å². The van der Waals surface area contributed by atoms with E-state index < -0.39 is 10.0 Å². The van der Waals surface area contributed by atoms with Gasteiger partial charge in [-0.15, -0.1) is 13.2 Å². The van der Waals surface area contributed by atoms with Crippen molar-refractivity contribution < 1.29 is 17.9 Å². The number of benzene rings is 2. The first-order valence-corrected chi connectivity index (χ1v) is 14.2. The number of carbonyl (C=O) groups is 1. The van der Waals surface area contributed by atoms with Gasteiger partial charge in [-0.2, -0.15) is 4.31 Å². The molecule has 0 bridgehead atoms. The van der Waals surface area contributed by atoms with Gasteiger partial charge >= 0.3 is 0 Å². The van der Waals surface area contributed by atoms with Crippen LogP contribution in [0.25, 0.3) is 0 Å². The van der Waals surface area contributed by atoms with Crippen molar-refractivity contribution in [2.45, 2.75) is 37.5 Å². The third kappa shape index (κ3) is 8.85. The molecular formula is C26H32BrN3O4S2. The van der Waals surface area contributed by atoms with Gasteiger partial charge in [0.2, 0.25) is 10.0 Å². The first-order chi connectivity index (χ1) is 17.2. The Labute approximate surface area is 227 Å². The minimum atomic E-state index is -3.70. The molecule has 1 amide bonds. The first-order valence-electron chi connectivity index (χ1n) is 11.6. The number of hydrogen-bond donors (Lipinski definition) is 2. The van der Waals surface area contributed by atoms with E-state index in [0.29, 0.717) is 28.1 Å². The molecule has 36 heavy (non-hydrogen) atoms. The van der Waals surface area contributed by atoms with Crippen LogP contribution in [0.3, 0.4) is 0 Å². The van der Waals surface area contributed by atoms with E-state index in [1.807, 2.05) is 0 Å². The fourth-order valence-corrected chi connectivity index (χ4v) is 5.31. The summed E-state index contributed by atoms with van der Waals surface area (Å²) in [6, 6.07) is 11.2. The summed E-state index contributed by atoms with van der Waals surface area (Å²) in [6.45, 7) is 10.3. The molecule has 0 heterocycles. The van der Waals surface area contributed by atoms with E-state index in [4.69, 9.17) is 17.0 Å². The van der Waals surface area contributed by atoms with Crippen molar-refractivity contribution in [2.24, 2.45) is 0 Å². The van der Waals surface area contributed by atoms with Crippen molar-refractivity contribution >= 4 is 54.9 Å². The van der Waals surface area contributed by atoms with Crippen molar-refractivity contribution in [3.05, 3.63) is 77.8 Å². The average molecular weight is 595 g/mol. The minimum absolute atomic E-state index is 0.0860. The highest BCUT2D eigenvalue weighted by molar-refractivity contribution is 9.10. The van der Waals surface area contributed by atoms with Crippen molar-refractivity contribution in [3.63, 3.8) is 0 Å². The molecule has 2 aromatic carbocycles. The lowest BCUT2D eigenvalue weighted by Gasteiger charge is -2.19. The normalized spacial score (nSPS) is 11.1. The molecule has 0 aliphatic carbocycles. The van der Waals surface area contributed by atoms with Crippen molar-refractivity contribution in [3.8, 4) is 5.75 Å². The number of rotatable bonds is 14. The summed E-state index contributed by atoms with van der Waals surface area (Å²) < 4.78 is 33.4. The maximum atomic E-state index is 12.8. The van der Waals surface area contributed by atoms with Gasteiger partial charge in [-0.1, -0.05) is 38.3 Å². The van der Waals surface area contributed by atoms with Crippen LogP contribution >= 0.6 is 28.1 Å². The molecule has 0 aromatic heterocycles. The largest absolute Gasteiger partial charge is 0.492 e. The molecule has 2 N–H and O–H groups in total. The van der Waals surface area contributed by atoms with E-state index in [1.54, 1.807) is 30.3 Å². The van der Waals surface area contributed by atoms with Crippen LogP contribution in [0, 0.1) is 0 Å². The number of amides is 1. The van der Waals surface area contributed by atoms with Crippen LogP contribution in [0.2, 0.25) is 0 Å². The standard InChI is InChI=1S/C26H32BrN3O4S2/c1-4-7-8-9-18-34-24-15-10-20(19-23(24)27)25(31)29-26(35)28-21-11-13-22(14-12-21)36(32,33)30(16-5-2)17-6-3/h5-6,10-15,19H,2-4,7-9,16-18H2,1H3,(H2,28,29,31,35). The fraction of sp³-hybridized carbons (Fsp3) is 0.308. The molecule has 0 spiro atoms. The molecule has 194 valence electrons. The zero-order chi connectivity index (χ0) is 26.6. The van der Waals surface area contributed by atoms with Crippen molar-refractivity contribution in [1.82, 2.24) is 9.62 Å². The van der Waals surface area contributed by atoms with E-state index in [0.717, 1.165) is 12.8 Å². The topological polar surface area (TPSA) is 87.7 Å². The summed E-state index contributed by atoms with van der Waals surface area (Å²) in [5, 5.41) is 5.61. The van der Waals surface area contributed by atoms with Crippen LogP contribution in [0.4, 0.5) is 5.69 Å². The molecule has 0 unspecified atom stereocenters. The Morgan fingerprint density at radius 2 is 1.75 bits per heavy atom. The number of unbranched alkanes of at least 4 members (excludes halogenated alkanes) is 3. The summed E-state index contributed by atoms with van der Waals surface area (Å²) in [4.78, 5) is 12.8. The monoisotopic (exact) mass is 593 g/mol. The molecule has 0 radical (unpaired) electrons.